The minimum absolute atomic E-state index is 0.133. The molecule has 4 aromatic heterocycles. The maximum absolute atomic E-state index is 13.6. The first-order valence-electron chi connectivity index (χ1n) is 9.67. The van der Waals surface area contributed by atoms with E-state index < -0.39 is 18.0 Å². The Labute approximate surface area is 190 Å². The minimum Gasteiger partial charge on any atom is -0.404 e. The van der Waals surface area contributed by atoms with E-state index in [0.717, 1.165) is 15.8 Å². The number of halogens is 2. The maximum atomic E-state index is 13.6. The first kappa shape index (κ1) is 22.2. The maximum Gasteiger partial charge on any atom is 0.282 e. The van der Waals surface area contributed by atoms with E-state index >= 15 is 0 Å². The molecule has 4 heterocycles. The number of rotatable bonds is 7. The Hall–Kier alpha value is -4.00. The molecule has 0 spiro atoms. The van der Waals surface area contributed by atoms with Gasteiger partial charge >= 0.3 is 0 Å². The second kappa shape index (κ2) is 9.24. The molecule has 33 heavy (non-hydrogen) atoms. The van der Waals surface area contributed by atoms with Crippen LogP contribution in [-0.2, 0) is 0 Å². The van der Waals surface area contributed by atoms with Gasteiger partial charge in [0.05, 0.1) is 18.0 Å². The molecule has 3 N–H and O–H groups in total. The zero-order chi connectivity index (χ0) is 23.5. The summed E-state index contributed by atoms with van der Waals surface area (Å²) >= 11 is 1.45. The molecule has 4 aromatic rings. The highest BCUT2D eigenvalue weighted by molar-refractivity contribution is 7.14. The number of nitrogens with two attached hydrogens (primary N) is 1. The highest BCUT2D eigenvalue weighted by atomic mass is 32.1. The number of aromatic nitrogens is 6. The predicted molar refractivity (Wildman–Crippen MR) is 120 cm³/mol. The van der Waals surface area contributed by atoms with Crippen LogP contribution in [0.1, 0.15) is 27.4 Å². The zero-order valence-electron chi connectivity index (χ0n) is 17.6. The van der Waals surface area contributed by atoms with Gasteiger partial charge in [0.25, 0.3) is 12.3 Å². The van der Waals surface area contributed by atoms with Gasteiger partial charge in [0.1, 0.15) is 22.1 Å². The molecule has 0 fully saturated rings. The van der Waals surface area contributed by atoms with Crippen LogP contribution in [0.25, 0.3) is 22.0 Å². The summed E-state index contributed by atoms with van der Waals surface area (Å²) in [6, 6.07) is 1.44. The lowest BCUT2D eigenvalue weighted by Gasteiger charge is -2.12. The molecule has 0 saturated carbocycles. The lowest BCUT2D eigenvalue weighted by Crippen LogP contribution is -2.27. The molecule has 170 valence electrons. The molecule has 0 aliphatic carbocycles. The highest BCUT2D eigenvalue weighted by Crippen LogP contribution is 2.29. The van der Waals surface area contributed by atoms with Crippen molar-refractivity contribution in [2.45, 2.75) is 13.3 Å². The van der Waals surface area contributed by atoms with Gasteiger partial charge in [-0.2, -0.15) is 0 Å². The molecule has 0 bridgehead atoms. The lowest BCUT2D eigenvalue weighted by atomic mass is 10.2. The second-order valence-electron chi connectivity index (χ2n) is 6.91. The number of aliphatic imine (C=N–C) groups is 1. The van der Waals surface area contributed by atoms with Crippen molar-refractivity contribution in [3.05, 3.63) is 58.8 Å². The third-order valence-electron chi connectivity index (χ3n) is 4.68. The number of aryl methyl sites for hydroxylation is 1. The fraction of sp³-hybridized carbons (Fsp3) is 0.200. The summed E-state index contributed by atoms with van der Waals surface area (Å²) in [6.07, 6.45) is 5.89. The van der Waals surface area contributed by atoms with Crippen molar-refractivity contribution in [1.82, 2.24) is 34.7 Å². The van der Waals surface area contributed by atoms with E-state index in [0.29, 0.717) is 21.9 Å². The predicted octanol–water partition coefficient (Wildman–Crippen LogP) is 2.56. The summed E-state index contributed by atoms with van der Waals surface area (Å²) in [4.78, 5) is 26.6. The van der Waals surface area contributed by atoms with Crippen LogP contribution in [-0.4, -0.2) is 55.1 Å². The number of nitrogens with one attached hydrogen (secondary N) is 1. The Balaban J connectivity index is 1.85. The normalized spacial score (nSPS) is 12.3. The van der Waals surface area contributed by atoms with Crippen molar-refractivity contribution in [2.24, 2.45) is 10.7 Å². The number of nitrogens with zero attached hydrogens (tertiary/aromatic N) is 7. The van der Waals surface area contributed by atoms with E-state index in [1.165, 1.54) is 29.8 Å². The number of amides is 1. The fourth-order valence-corrected chi connectivity index (χ4v) is 3.93. The van der Waals surface area contributed by atoms with E-state index in [4.69, 9.17) is 5.73 Å². The highest BCUT2D eigenvalue weighted by Gasteiger charge is 2.22. The van der Waals surface area contributed by atoms with Gasteiger partial charge in [0, 0.05) is 48.9 Å². The van der Waals surface area contributed by atoms with Gasteiger partial charge in [0.2, 0.25) is 0 Å². The Bertz CT molecular complexity index is 1370. The van der Waals surface area contributed by atoms with Crippen molar-refractivity contribution >= 4 is 29.1 Å². The molecule has 0 unspecified atom stereocenters. The summed E-state index contributed by atoms with van der Waals surface area (Å²) in [5, 5.41) is 10.8. The Morgan fingerprint density at radius 1 is 1.33 bits per heavy atom. The molecule has 0 saturated heterocycles. The topological polar surface area (TPSA) is 128 Å². The average molecular weight is 471 g/mol. The van der Waals surface area contributed by atoms with Crippen LogP contribution in [0.15, 0.2) is 47.6 Å². The molecular formula is C20H19F2N9OS. The SMILES string of the molecule is C/N=C\C(=C/N)CNC(=O)c1cc(-n2nncc2C(F)F)c2ncc(-c3ncc(C)s3)n2c1. The van der Waals surface area contributed by atoms with E-state index in [9.17, 15) is 13.6 Å². The van der Waals surface area contributed by atoms with Gasteiger partial charge in [-0.3, -0.25) is 14.2 Å². The number of carbonyl (C=O) groups excluding carboxylic acids is 1. The first-order valence-corrected chi connectivity index (χ1v) is 10.5. The zero-order valence-corrected chi connectivity index (χ0v) is 18.4. The monoisotopic (exact) mass is 471 g/mol. The van der Waals surface area contributed by atoms with Crippen LogP contribution in [0.4, 0.5) is 8.78 Å². The number of hydrogen-bond donors (Lipinski definition) is 2. The number of fused-ring (bicyclic) bond motifs is 1. The summed E-state index contributed by atoms with van der Waals surface area (Å²) in [5.74, 6) is -0.448. The third-order valence-corrected chi connectivity index (χ3v) is 5.61. The number of alkyl halides is 2. The van der Waals surface area contributed by atoms with Crippen LogP contribution >= 0.6 is 11.3 Å². The number of pyridine rings is 1. The van der Waals surface area contributed by atoms with Gasteiger partial charge in [-0.25, -0.2) is 23.4 Å². The van der Waals surface area contributed by atoms with Gasteiger partial charge < -0.3 is 11.1 Å². The number of thiazole rings is 1. The number of hydrogen-bond acceptors (Lipinski definition) is 8. The van der Waals surface area contributed by atoms with Crippen molar-refractivity contribution in [2.75, 3.05) is 13.6 Å². The summed E-state index contributed by atoms with van der Waals surface area (Å²) < 4.78 is 29.7. The fourth-order valence-electron chi connectivity index (χ4n) is 3.16. The summed E-state index contributed by atoms with van der Waals surface area (Å²) in [7, 11) is 1.59. The third kappa shape index (κ3) is 4.35. The van der Waals surface area contributed by atoms with Crippen LogP contribution in [0.3, 0.4) is 0 Å². The van der Waals surface area contributed by atoms with Gasteiger partial charge in [-0.1, -0.05) is 5.21 Å². The Morgan fingerprint density at radius 3 is 2.82 bits per heavy atom. The van der Waals surface area contributed by atoms with E-state index in [1.54, 1.807) is 30.0 Å². The number of carbonyl (C=O) groups is 1. The van der Waals surface area contributed by atoms with Gasteiger partial charge in [-0.05, 0) is 13.0 Å². The second-order valence-corrected chi connectivity index (χ2v) is 8.14. The van der Waals surface area contributed by atoms with E-state index in [1.807, 2.05) is 6.92 Å². The molecule has 0 atom stereocenters. The standard InChI is InChI=1S/C20H19F2N9OS/c1-11-5-27-20(33-11)16-8-25-18-14(31-15(17(21)22)9-28-29-31)3-13(10-30(16)18)19(32)26-7-12(4-23)6-24-2/h3-6,8-10,17H,7,23H2,1-2H3,(H,26,32)/b12-4+,24-6-. The molecule has 0 aromatic carbocycles. The van der Waals surface area contributed by atoms with Crippen molar-refractivity contribution in [3.8, 4) is 16.4 Å². The average Bonchev–Trinajstić information content (AvgIpc) is 3.54. The van der Waals surface area contributed by atoms with Gasteiger partial charge in [0.15, 0.2) is 5.65 Å². The van der Waals surface area contributed by atoms with Crippen LogP contribution in [0.5, 0.6) is 0 Å². The molecule has 10 nitrogen and oxygen atoms in total. The van der Waals surface area contributed by atoms with Crippen molar-refractivity contribution < 1.29 is 13.6 Å². The van der Waals surface area contributed by atoms with Crippen LogP contribution in [0.2, 0.25) is 0 Å². The molecule has 0 radical (unpaired) electrons. The largest absolute Gasteiger partial charge is 0.404 e. The lowest BCUT2D eigenvalue weighted by molar-refractivity contribution is 0.0957. The molecule has 1 amide bonds. The summed E-state index contributed by atoms with van der Waals surface area (Å²) in [6.45, 7) is 2.05. The number of imidazole rings is 1. The molecule has 13 heteroatoms. The Morgan fingerprint density at radius 2 is 2.15 bits per heavy atom. The van der Waals surface area contributed by atoms with E-state index in [-0.39, 0.29) is 17.8 Å². The van der Waals surface area contributed by atoms with Crippen LogP contribution < -0.4 is 11.1 Å². The van der Waals surface area contributed by atoms with Crippen molar-refractivity contribution in [3.63, 3.8) is 0 Å². The Kier molecular flexibility index (Phi) is 6.22. The smallest absolute Gasteiger partial charge is 0.282 e. The van der Waals surface area contributed by atoms with Crippen molar-refractivity contribution in [1.29, 1.82) is 0 Å². The van der Waals surface area contributed by atoms with E-state index in [2.05, 4.69) is 30.6 Å². The van der Waals surface area contributed by atoms with Crippen LogP contribution in [0, 0.1) is 6.92 Å². The first-order chi connectivity index (χ1) is 15.9. The molecule has 4 rings (SSSR count). The molecular weight excluding hydrogens is 452 g/mol. The minimum atomic E-state index is -2.82. The molecule has 0 aliphatic rings. The quantitative estimate of drug-likeness (QED) is 0.399. The van der Waals surface area contributed by atoms with Gasteiger partial charge in [-0.15, -0.1) is 16.4 Å². The summed E-state index contributed by atoms with van der Waals surface area (Å²) in [5.41, 5.74) is 7.04. The molecule has 0 aliphatic heterocycles.